The van der Waals surface area contributed by atoms with Crippen LogP contribution >= 0.6 is 0 Å². The van der Waals surface area contributed by atoms with Crippen LogP contribution in [0, 0.1) is 12.8 Å². The highest BCUT2D eigenvalue weighted by molar-refractivity contribution is 5.77. The lowest BCUT2D eigenvalue weighted by molar-refractivity contribution is -0.142. The summed E-state index contributed by atoms with van der Waals surface area (Å²) in [5, 5.41) is 9.33. The summed E-state index contributed by atoms with van der Waals surface area (Å²) < 4.78 is 1.91. The number of fused-ring (bicyclic) bond motifs is 2. The molecule has 0 aliphatic heterocycles. The van der Waals surface area contributed by atoms with Crippen LogP contribution in [-0.4, -0.2) is 15.6 Å². The van der Waals surface area contributed by atoms with E-state index in [1.54, 1.807) is 6.07 Å². The topological polar surface area (TPSA) is 59.3 Å². The van der Waals surface area contributed by atoms with E-state index in [9.17, 15) is 14.7 Å². The van der Waals surface area contributed by atoms with E-state index < -0.39 is 5.97 Å². The molecule has 1 heterocycles. The van der Waals surface area contributed by atoms with Crippen LogP contribution < -0.4 is 5.56 Å². The average Bonchev–Trinajstić information content (AvgIpc) is 2.64. The van der Waals surface area contributed by atoms with Crippen LogP contribution in [0.25, 0.3) is 5.57 Å². The summed E-state index contributed by atoms with van der Waals surface area (Å²) in [5.41, 5.74) is 7.21. The van der Waals surface area contributed by atoms with Crippen molar-refractivity contribution in [2.24, 2.45) is 5.92 Å². The van der Waals surface area contributed by atoms with E-state index in [2.05, 4.69) is 19.1 Å². The van der Waals surface area contributed by atoms with E-state index in [-0.39, 0.29) is 11.5 Å². The van der Waals surface area contributed by atoms with Gasteiger partial charge in [-0.05, 0) is 67.4 Å². The van der Waals surface area contributed by atoms with Crippen molar-refractivity contribution in [1.82, 2.24) is 4.57 Å². The van der Waals surface area contributed by atoms with Crippen molar-refractivity contribution >= 4 is 11.5 Å². The molecule has 0 radical (unpaired) electrons. The Bertz CT molecular complexity index is 968. The summed E-state index contributed by atoms with van der Waals surface area (Å²) in [6, 6.07) is 11.8. The number of carbonyl (C=O) groups is 1. The third kappa shape index (κ3) is 2.90. The van der Waals surface area contributed by atoms with Crippen molar-refractivity contribution in [2.75, 3.05) is 0 Å². The second-order valence-corrected chi connectivity index (χ2v) is 7.40. The van der Waals surface area contributed by atoms with Gasteiger partial charge in [-0.3, -0.25) is 9.59 Å². The zero-order chi connectivity index (χ0) is 18.3. The second-order valence-electron chi connectivity index (χ2n) is 7.40. The van der Waals surface area contributed by atoms with Crippen LogP contribution in [0.3, 0.4) is 0 Å². The first-order chi connectivity index (χ1) is 12.5. The van der Waals surface area contributed by atoms with E-state index in [1.165, 1.54) is 16.7 Å². The fraction of sp³-hybridized carbons (Fsp3) is 0.364. The molecule has 2 aromatic rings. The molecule has 2 aliphatic carbocycles. The SMILES string of the molecule is Cc1ccccc1Cn1c2c(ccc1=O)C1=C(CC2)CC(C(=O)O)CC1. The van der Waals surface area contributed by atoms with Gasteiger partial charge >= 0.3 is 5.97 Å². The standard InChI is InChI=1S/C22H23NO3/c1-14-4-2-3-5-17(14)13-23-20-10-7-15-12-16(22(25)26)6-8-18(15)19(20)9-11-21(23)24/h2-5,9,11,16H,6-8,10,12-13H2,1H3,(H,25,26). The largest absolute Gasteiger partial charge is 0.481 e. The number of rotatable bonds is 3. The summed E-state index contributed by atoms with van der Waals surface area (Å²) in [6.45, 7) is 2.67. The Hall–Kier alpha value is -2.62. The van der Waals surface area contributed by atoms with Crippen molar-refractivity contribution in [3.8, 4) is 0 Å². The zero-order valence-corrected chi connectivity index (χ0v) is 15.0. The van der Waals surface area contributed by atoms with Gasteiger partial charge < -0.3 is 9.67 Å². The van der Waals surface area contributed by atoms with Gasteiger partial charge in [-0.2, -0.15) is 0 Å². The smallest absolute Gasteiger partial charge is 0.306 e. The Morgan fingerprint density at radius 2 is 1.96 bits per heavy atom. The molecule has 0 fully saturated rings. The number of aromatic nitrogens is 1. The summed E-state index contributed by atoms with van der Waals surface area (Å²) in [5.74, 6) is -0.944. The molecule has 0 saturated heterocycles. The molecule has 1 unspecified atom stereocenters. The second kappa shape index (κ2) is 6.60. The Kier molecular flexibility index (Phi) is 4.27. The van der Waals surface area contributed by atoms with E-state index in [4.69, 9.17) is 0 Å². The molecule has 1 atom stereocenters. The van der Waals surface area contributed by atoms with E-state index in [0.717, 1.165) is 36.1 Å². The van der Waals surface area contributed by atoms with Gasteiger partial charge in [0.05, 0.1) is 12.5 Å². The van der Waals surface area contributed by atoms with E-state index in [1.807, 2.05) is 22.8 Å². The van der Waals surface area contributed by atoms with Crippen LogP contribution in [0.1, 0.15) is 48.1 Å². The van der Waals surface area contributed by atoms with Crippen molar-refractivity contribution in [1.29, 1.82) is 0 Å². The lowest BCUT2D eigenvalue weighted by Gasteiger charge is -2.31. The highest BCUT2D eigenvalue weighted by Crippen LogP contribution is 2.41. The number of hydrogen-bond acceptors (Lipinski definition) is 2. The average molecular weight is 349 g/mol. The number of allylic oxidation sites excluding steroid dienone is 2. The summed E-state index contributed by atoms with van der Waals surface area (Å²) >= 11 is 0. The van der Waals surface area contributed by atoms with Gasteiger partial charge in [0.1, 0.15) is 0 Å². The predicted octanol–water partition coefficient (Wildman–Crippen LogP) is 3.79. The number of nitrogens with zero attached hydrogens (tertiary/aromatic N) is 1. The van der Waals surface area contributed by atoms with E-state index in [0.29, 0.717) is 19.4 Å². The van der Waals surface area contributed by atoms with E-state index >= 15 is 0 Å². The maximum Gasteiger partial charge on any atom is 0.306 e. The number of hydrogen-bond donors (Lipinski definition) is 1. The third-order valence-corrected chi connectivity index (χ3v) is 5.89. The molecule has 4 rings (SSSR count). The van der Waals surface area contributed by atoms with Crippen molar-refractivity contribution in [3.05, 3.63) is 74.7 Å². The Morgan fingerprint density at radius 1 is 1.15 bits per heavy atom. The molecule has 1 aromatic carbocycles. The number of aliphatic carboxylic acids is 1. The highest BCUT2D eigenvalue weighted by atomic mass is 16.4. The van der Waals surface area contributed by atoms with Crippen LogP contribution in [0.5, 0.6) is 0 Å². The minimum absolute atomic E-state index is 0.0373. The van der Waals surface area contributed by atoms with Gasteiger partial charge in [0.25, 0.3) is 5.56 Å². The molecule has 0 bridgehead atoms. The van der Waals surface area contributed by atoms with Crippen molar-refractivity contribution in [3.63, 3.8) is 0 Å². The molecular weight excluding hydrogens is 326 g/mol. The lowest BCUT2D eigenvalue weighted by atomic mass is 9.76. The van der Waals surface area contributed by atoms with Gasteiger partial charge in [0.2, 0.25) is 0 Å². The number of benzene rings is 1. The number of aryl methyl sites for hydroxylation is 1. The first-order valence-electron chi connectivity index (χ1n) is 9.26. The van der Waals surface area contributed by atoms with Crippen molar-refractivity contribution < 1.29 is 9.90 Å². The Balaban J connectivity index is 1.75. The Labute approximate surface area is 152 Å². The molecule has 1 aromatic heterocycles. The van der Waals surface area contributed by atoms with Gasteiger partial charge in [-0.25, -0.2) is 0 Å². The van der Waals surface area contributed by atoms with Gasteiger partial charge in [0, 0.05) is 11.8 Å². The predicted molar refractivity (Wildman–Crippen MR) is 101 cm³/mol. The molecule has 2 aliphatic rings. The van der Waals surface area contributed by atoms with Gasteiger partial charge in [-0.15, -0.1) is 0 Å². The van der Waals surface area contributed by atoms with Crippen molar-refractivity contribution in [2.45, 2.75) is 45.6 Å². The number of pyridine rings is 1. The minimum atomic E-state index is -0.688. The molecule has 26 heavy (non-hydrogen) atoms. The highest BCUT2D eigenvalue weighted by Gasteiger charge is 2.30. The van der Waals surface area contributed by atoms with Crippen LogP contribution in [0.4, 0.5) is 0 Å². The van der Waals surface area contributed by atoms with Crippen LogP contribution in [0.2, 0.25) is 0 Å². The third-order valence-electron chi connectivity index (χ3n) is 5.89. The molecule has 134 valence electrons. The normalized spacial score (nSPS) is 19.0. The molecule has 0 spiro atoms. The molecule has 4 heteroatoms. The first kappa shape index (κ1) is 16.8. The maximum atomic E-state index is 12.6. The first-order valence-corrected chi connectivity index (χ1v) is 9.26. The van der Waals surface area contributed by atoms with Crippen LogP contribution in [0.15, 0.2) is 46.8 Å². The number of carboxylic acid groups (broad SMARTS) is 1. The summed E-state index contributed by atoms with van der Waals surface area (Å²) in [4.78, 5) is 23.9. The maximum absolute atomic E-state index is 12.6. The fourth-order valence-electron chi connectivity index (χ4n) is 4.37. The van der Waals surface area contributed by atoms with Gasteiger partial charge in [-0.1, -0.05) is 29.8 Å². The molecule has 0 amide bonds. The Morgan fingerprint density at radius 3 is 2.73 bits per heavy atom. The number of carboxylic acids is 1. The molecular formula is C22H23NO3. The van der Waals surface area contributed by atoms with Crippen LogP contribution in [-0.2, 0) is 17.8 Å². The zero-order valence-electron chi connectivity index (χ0n) is 15.0. The monoisotopic (exact) mass is 349 g/mol. The lowest BCUT2D eigenvalue weighted by Crippen LogP contribution is -2.28. The minimum Gasteiger partial charge on any atom is -0.481 e. The quantitative estimate of drug-likeness (QED) is 0.917. The molecule has 1 N–H and O–H groups in total. The molecule has 4 nitrogen and oxygen atoms in total. The van der Waals surface area contributed by atoms with Gasteiger partial charge in [0.15, 0.2) is 0 Å². The summed E-state index contributed by atoms with van der Waals surface area (Å²) in [6.07, 6.45) is 3.80. The fourth-order valence-corrected chi connectivity index (χ4v) is 4.37. The summed E-state index contributed by atoms with van der Waals surface area (Å²) in [7, 11) is 0. The molecule has 0 saturated carbocycles.